The Labute approximate surface area is 116 Å². The fourth-order valence-corrected chi connectivity index (χ4v) is 2.90. The lowest BCUT2D eigenvalue weighted by Gasteiger charge is -2.16. The standard InChI is InChI=1S/C11H10BrN3O2S/c1-15(5-8-2-7(12)6-18-8)10-4-13-3-9(14-10)11(16)17/h2-4,6H,5H2,1H3,(H,16,17). The highest BCUT2D eigenvalue weighted by molar-refractivity contribution is 9.10. The van der Waals surface area contributed by atoms with E-state index in [1.165, 1.54) is 6.20 Å². The molecule has 1 N–H and O–H groups in total. The van der Waals surface area contributed by atoms with E-state index >= 15 is 0 Å². The number of carbonyl (C=O) groups is 1. The second kappa shape index (κ2) is 5.45. The average molecular weight is 328 g/mol. The summed E-state index contributed by atoms with van der Waals surface area (Å²) in [6.45, 7) is 0.661. The van der Waals surface area contributed by atoms with Crippen LogP contribution in [0, 0.1) is 0 Å². The summed E-state index contributed by atoms with van der Waals surface area (Å²) >= 11 is 5.03. The van der Waals surface area contributed by atoms with Crippen molar-refractivity contribution in [2.24, 2.45) is 0 Å². The van der Waals surface area contributed by atoms with Crippen LogP contribution in [0.5, 0.6) is 0 Å². The number of carboxylic acid groups (broad SMARTS) is 1. The molecule has 0 aliphatic rings. The second-order valence-electron chi connectivity index (χ2n) is 3.65. The number of hydrogen-bond donors (Lipinski definition) is 1. The van der Waals surface area contributed by atoms with Gasteiger partial charge in [-0.05, 0) is 22.0 Å². The van der Waals surface area contributed by atoms with Gasteiger partial charge in [0.1, 0.15) is 5.82 Å². The fourth-order valence-electron chi connectivity index (χ4n) is 1.39. The number of hydrogen-bond acceptors (Lipinski definition) is 5. The Morgan fingerprint density at radius 2 is 2.33 bits per heavy atom. The van der Waals surface area contributed by atoms with Gasteiger partial charge in [0.2, 0.25) is 0 Å². The molecule has 7 heteroatoms. The van der Waals surface area contributed by atoms with E-state index < -0.39 is 5.97 Å². The van der Waals surface area contributed by atoms with Crippen molar-refractivity contribution in [2.75, 3.05) is 11.9 Å². The summed E-state index contributed by atoms with van der Waals surface area (Å²) in [5, 5.41) is 10.9. The smallest absolute Gasteiger partial charge is 0.356 e. The van der Waals surface area contributed by atoms with Crippen LogP contribution in [0.4, 0.5) is 5.82 Å². The number of rotatable bonds is 4. The molecule has 0 saturated heterocycles. The van der Waals surface area contributed by atoms with Crippen LogP contribution in [0.25, 0.3) is 0 Å². The third kappa shape index (κ3) is 3.05. The molecule has 0 fully saturated rings. The van der Waals surface area contributed by atoms with Crippen molar-refractivity contribution in [3.8, 4) is 0 Å². The van der Waals surface area contributed by atoms with Gasteiger partial charge in [-0.2, -0.15) is 0 Å². The lowest BCUT2D eigenvalue weighted by atomic mass is 10.4. The SMILES string of the molecule is CN(Cc1cc(Br)cs1)c1cncc(C(=O)O)n1. The molecule has 0 bridgehead atoms. The highest BCUT2D eigenvalue weighted by Gasteiger charge is 2.10. The van der Waals surface area contributed by atoms with E-state index in [0.717, 1.165) is 9.35 Å². The van der Waals surface area contributed by atoms with Crippen LogP contribution in [0.3, 0.4) is 0 Å². The van der Waals surface area contributed by atoms with Gasteiger partial charge in [-0.3, -0.25) is 4.98 Å². The Kier molecular flexibility index (Phi) is 3.93. The molecule has 94 valence electrons. The second-order valence-corrected chi connectivity index (χ2v) is 5.57. The lowest BCUT2D eigenvalue weighted by Crippen LogP contribution is -2.18. The van der Waals surface area contributed by atoms with Crippen molar-refractivity contribution in [1.29, 1.82) is 0 Å². The van der Waals surface area contributed by atoms with Crippen molar-refractivity contribution < 1.29 is 9.90 Å². The first-order chi connectivity index (χ1) is 8.56. The Bertz CT molecular complexity index is 573. The van der Waals surface area contributed by atoms with Crippen molar-refractivity contribution in [1.82, 2.24) is 9.97 Å². The third-order valence-electron chi connectivity index (χ3n) is 2.25. The summed E-state index contributed by atoms with van der Waals surface area (Å²) in [6.07, 6.45) is 2.79. The predicted octanol–water partition coefficient (Wildman–Crippen LogP) is 2.64. The predicted molar refractivity (Wildman–Crippen MR) is 73.1 cm³/mol. The van der Waals surface area contributed by atoms with E-state index in [-0.39, 0.29) is 5.69 Å². The van der Waals surface area contributed by atoms with Crippen LogP contribution in [0.15, 0.2) is 28.3 Å². The molecule has 0 amide bonds. The molecule has 0 atom stereocenters. The summed E-state index contributed by atoms with van der Waals surface area (Å²) < 4.78 is 1.04. The van der Waals surface area contributed by atoms with Gasteiger partial charge in [0.25, 0.3) is 0 Å². The Morgan fingerprint density at radius 3 is 2.94 bits per heavy atom. The molecule has 0 saturated carbocycles. The van der Waals surface area contributed by atoms with Crippen molar-refractivity contribution in [3.63, 3.8) is 0 Å². The zero-order valence-electron chi connectivity index (χ0n) is 9.50. The highest BCUT2D eigenvalue weighted by atomic mass is 79.9. The highest BCUT2D eigenvalue weighted by Crippen LogP contribution is 2.22. The minimum absolute atomic E-state index is 0.0493. The van der Waals surface area contributed by atoms with Crippen molar-refractivity contribution in [2.45, 2.75) is 6.54 Å². The fraction of sp³-hybridized carbons (Fsp3) is 0.182. The van der Waals surface area contributed by atoms with Gasteiger partial charge >= 0.3 is 5.97 Å². The van der Waals surface area contributed by atoms with Crippen LogP contribution in [0.1, 0.15) is 15.4 Å². The maximum Gasteiger partial charge on any atom is 0.356 e. The van der Waals surface area contributed by atoms with Gasteiger partial charge < -0.3 is 10.0 Å². The third-order valence-corrected chi connectivity index (χ3v) is 3.93. The van der Waals surface area contributed by atoms with Gasteiger partial charge in [-0.25, -0.2) is 9.78 Å². The molecule has 0 aliphatic heterocycles. The van der Waals surface area contributed by atoms with E-state index in [0.29, 0.717) is 12.4 Å². The van der Waals surface area contributed by atoms with E-state index in [2.05, 4.69) is 25.9 Å². The topological polar surface area (TPSA) is 66.3 Å². The van der Waals surface area contributed by atoms with Crippen LogP contribution in [-0.4, -0.2) is 28.1 Å². The number of thiophene rings is 1. The van der Waals surface area contributed by atoms with E-state index in [9.17, 15) is 4.79 Å². The number of aromatic nitrogens is 2. The van der Waals surface area contributed by atoms with E-state index in [4.69, 9.17) is 5.11 Å². The Balaban J connectivity index is 2.15. The summed E-state index contributed by atoms with van der Waals surface area (Å²) in [6, 6.07) is 2.02. The summed E-state index contributed by atoms with van der Waals surface area (Å²) in [5.74, 6) is -0.531. The minimum atomic E-state index is -1.07. The molecule has 2 aromatic heterocycles. The maximum atomic E-state index is 10.8. The zero-order chi connectivity index (χ0) is 13.1. The zero-order valence-corrected chi connectivity index (χ0v) is 11.9. The molecule has 0 unspecified atom stereocenters. The van der Waals surface area contributed by atoms with Gasteiger partial charge in [0.05, 0.1) is 18.9 Å². The number of carboxylic acids is 1. The first-order valence-corrected chi connectivity index (χ1v) is 6.73. The van der Waals surface area contributed by atoms with Crippen LogP contribution >= 0.6 is 27.3 Å². The first kappa shape index (κ1) is 13.0. The molecular formula is C11H10BrN3O2S. The number of halogens is 1. The van der Waals surface area contributed by atoms with Gasteiger partial charge in [0.15, 0.2) is 5.69 Å². The minimum Gasteiger partial charge on any atom is -0.476 e. The normalized spacial score (nSPS) is 10.3. The summed E-state index contributed by atoms with van der Waals surface area (Å²) in [5.41, 5.74) is -0.0493. The van der Waals surface area contributed by atoms with Crippen LogP contribution in [0.2, 0.25) is 0 Å². The largest absolute Gasteiger partial charge is 0.476 e. The average Bonchev–Trinajstić information content (AvgIpc) is 2.75. The van der Waals surface area contributed by atoms with E-state index in [1.807, 2.05) is 23.4 Å². The lowest BCUT2D eigenvalue weighted by molar-refractivity contribution is 0.0690. The molecule has 0 aliphatic carbocycles. The summed E-state index contributed by atoms with van der Waals surface area (Å²) in [7, 11) is 1.85. The molecule has 5 nitrogen and oxygen atoms in total. The molecule has 2 heterocycles. The van der Waals surface area contributed by atoms with Crippen LogP contribution in [-0.2, 0) is 6.54 Å². The van der Waals surface area contributed by atoms with E-state index in [1.54, 1.807) is 17.5 Å². The van der Waals surface area contributed by atoms with Crippen molar-refractivity contribution >= 4 is 39.1 Å². The quantitative estimate of drug-likeness (QED) is 0.935. The van der Waals surface area contributed by atoms with Gasteiger partial charge in [-0.1, -0.05) is 0 Å². The van der Waals surface area contributed by atoms with Gasteiger partial charge in [0, 0.05) is 21.8 Å². The van der Waals surface area contributed by atoms with Crippen molar-refractivity contribution in [3.05, 3.63) is 38.9 Å². The molecule has 0 aromatic carbocycles. The Morgan fingerprint density at radius 1 is 1.56 bits per heavy atom. The summed E-state index contributed by atoms with van der Waals surface area (Å²) in [4.78, 5) is 21.7. The maximum absolute atomic E-state index is 10.8. The molecular weight excluding hydrogens is 318 g/mol. The molecule has 0 radical (unpaired) electrons. The molecule has 0 spiro atoms. The Hall–Kier alpha value is -1.47. The van der Waals surface area contributed by atoms with Crippen LogP contribution < -0.4 is 4.90 Å². The number of anilines is 1. The molecule has 18 heavy (non-hydrogen) atoms. The first-order valence-electron chi connectivity index (χ1n) is 5.05. The molecule has 2 aromatic rings. The number of aromatic carboxylic acids is 1. The van der Waals surface area contributed by atoms with Gasteiger partial charge in [-0.15, -0.1) is 11.3 Å². The monoisotopic (exact) mass is 327 g/mol. The number of nitrogens with zero attached hydrogens (tertiary/aromatic N) is 3. The molecule has 2 rings (SSSR count).